The Kier molecular flexibility index (Phi) is 7.66. The summed E-state index contributed by atoms with van der Waals surface area (Å²) in [5.41, 5.74) is 4.63. The lowest BCUT2D eigenvalue weighted by Gasteiger charge is -2.23. The second-order valence-electron chi connectivity index (χ2n) is 7.08. The number of carbonyl (C=O) groups is 1. The first kappa shape index (κ1) is 23.5. The van der Waals surface area contributed by atoms with Gasteiger partial charge in [-0.1, -0.05) is 46.3 Å². The standard InChI is InChI=1S/C23H23BrN4O3S/c1-27(2)20-12-8-18(9-13-20)16-25-26-23(29)17-28(21-14-10-19(24)11-15-21)32(30,31)22-6-4-3-5-7-22/h3-16H,17H2,1-2H3,(H,26,29)/b25-16+. The third-order valence-electron chi connectivity index (χ3n) is 4.55. The number of carbonyl (C=O) groups excluding carboxylic acids is 1. The number of halogens is 1. The van der Waals surface area contributed by atoms with Gasteiger partial charge in [-0.05, 0) is 54.1 Å². The summed E-state index contributed by atoms with van der Waals surface area (Å²) in [4.78, 5) is 14.6. The minimum Gasteiger partial charge on any atom is -0.378 e. The quantitative estimate of drug-likeness (QED) is 0.365. The van der Waals surface area contributed by atoms with E-state index >= 15 is 0 Å². The van der Waals surface area contributed by atoms with Gasteiger partial charge in [-0.3, -0.25) is 9.10 Å². The van der Waals surface area contributed by atoms with Crippen molar-refractivity contribution in [2.45, 2.75) is 4.90 Å². The van der Waals surface area contributed by atoms with Crippen molar-refractivity contribution in [2.24, 2.45) is 5.10 Å². The van der Waals surface area contributed by atoms with Crippen LogP contribution in [0.5, 0.6) is 0 Å². The first-order valence-corrected chi connectivity index (χ1v) is 11.9. The number of amides is 1. The Morgan fingerprint density at radius 3 is 2.12 bits per heavy atom. The highest BCUT2D eigenvalue weighted by Gasteiger charge is 2.27. The number of benzene rings is 3. The summed E-state index contributed by atoms with van der Waals surface area (Å²) in [6.07, 6.45) is 1.51. The van der Waals surface area contributed by atoms with Crippen LogP contribution in [0.1, 0.15) is 5.56 Å². The predicted molar refractivity (Wildman–Crippen MR) is 132 cm³/mol. The second kappa shape index (κ2) is 10.4. The highest BCUT2D eigenvalue weighted by Crippen LogP contribution is 2.25. The molecule has 1 amide bonds. The minimum atomic E-state index is -3.95. The van der Waals surface area contributed by atoms with Crippen LogP contribution >= 0.6 is 15.9 Å². The van der Waals surface area contributed by atoms with E-state index in [1.165, 1.54) is 18.3 Å². The smallest absolute Gasteiger partial charge is 0.264 e. The molecule has 0 aliphatic carbocycles. The average Bonchev–Trinajstić information content (AvgIpc) is 2.79. The van der Waals surface area contributed by atoms with Gasteiger partial charge in [0.1, 0.15) is 6.54 Å². The molecule has 0 radical (unpaired) electrons. The van der Waals surface area contributed by atoms with E-state index in [2.05, 4.69) is 26.5 Å². The van der Waals surface area contributed by atoms with Crippen molar-refractivity contribution in [3.05, 3.63) is 88.9 Å². The zero-order valence-corrected chi connectivity index (χ0v) is 20.0. The number of hydrazone groups is 1. The molecule has 0 atom stereocenters. The maximum Gasteiger partial charge on any atom is 0.264 e. The van der Waals surface area contributed by atoms with Gasteiger partial charge in [0, 0.05) is 24.3 Å². The fraction of sp³-hybridized carbons (Fsp3) is 0.130. The SMILES string of the molecule is CN(C)c1ccc(/C=N/NC(=O)CN(c2ccc(Br)cc2)S(=O)(=O)c2ccccc2)cc1. The topological polar surface area (TPSA) is 82.1 Å². The van der Waals surface area contributed by atoms with Gasteiger partial charge in [0.15, 0.2) is 0 Å². The molecule has 3 aromatic rings. The Hall–Kier alpha value is -3.17. The highest BCUT2D eigenvalue weighted by atomic mass is 79.9. The molecule has 9 heteroatoms. The maximum absolute atomic E-state index is 13.2. The molecule has 0 bridgehead atoms. The number of sulfonamides is 1. The normalized spacial score (nSPS) is 11.3. The monoisotopic (exact) mass is 514 g/mol. The molecule has 7 nitrogen and oxygen atoms in total. The van der Waals surface area contributed by atoms with Crippen molar-refractivity contribution < 1.29 is 13.2 Å². The van der Waals surface area contributed by atoms with Crippen molar-refractivity contribution in [3.8, 4) is 0 Å². The second-order valence-corrected chi connectivity index (χ2v) is 9.86. The van der Waals surface area contributed by atoms with Crippen LogP contribution in [0.15, 0.2) is 93.3 Å². The van der Waals surface area contributed by atoms with Gasteiger partial charge in [0.05, 0.1) is 16.8 Å². The van der Waals surface area contributed by atoms with E-state index in [-0.39, 0.29) is 4.90 Å². The number of anilines is 2. The Morgan fingerprint density at radius 2 is 1.53 bits per heavy atom. The summed E-state index contributed by atoms with van der Waals surface area (Å²) in [7, 11) is -0.0547. The fourth-order valence-electron chi connectivity index (χ4n) is 2.85. The Balaban J connectivity index is 1.77. The molecule has 0 heterocycles. The zero-order valence-electron chi connectivity index (χ0n) is 17.6. The molecule has 0 aromatic heterocycles. The summed E-state index contributed by atoms with van der Waals surface area (Å²) in [6.45, 7) is -0.421. The molecule has 0 aliphatic rings. The molecule has 166 valence electrons. The van der Waals surface area contributed by atoms with E-state index in [1.807, 2.05) is 43.3 Å². The van der Waals surface area contributed by atoms with Gasteiger partial charge in [0.25, 0.3) is 15.9 Å². The van der Waals surface area contributed by atoms with Crippen molar-refractivity contribution in [2.75, 3.05) is 29.8 Å². The maximum atomic E-state index is 13.2. The van der Waals surface area contributed by atoms with Crippen molar-refractivity contribution in [1.82, 2.24) is 5.43 Å². The third-order valence-corrected chi connectivity index (χ3v) is 6.86. The summed E-state index contributed by atoms with van der Waals surface area (Å²) in [6, 6.07) is 22.3. The van der Waals surface area contributed by atoms with Crippen molar-refractivity contribution in [3.63, 3.8) is 0 Å². The third kappa shape index (κ3) is 5.95. The molecule has 0 fully saturated rings. The Labute approximate surface area is 196 Å². The van der Waals surface area contributed by atoms with Gasteiger partial charge < -0.3 is 4.90 Å². The average molecular weight is 515 g/mol. The minimum absolute atomic E-state index is 0.0974. The number of hydrogen-bond acceptors (Lipinski definition) is 5. The lowest BCUT2D eigenvalue weighted by atomic mass is 10.2. The summed E-state index contributed by atoms with van der Waals surface area (Å²) in [5.74, 6) is -0.561. The van der Waals surface area contributed by atoms with Crippen LogP contribution in [0.3, 0.4) is 0 Å². The van der Waals surface area contributed by atoms with Gasteiger partial charge in [-0.25, -0.2) is 13.8 Å². The molecule has 1 N–H and O–H groups in total. The van der Waals surface area contributed by atoms with Gasteiger partial charge in [-0.15, -0.1) is 0 Å². The molecular weight excluding hydrogens is 492 g/mol. The van der Waals surface area contributed by atoms with E-state index in [0.717, 1.165) is 20.0 Å². The molecule has 0 spiro atoms. The highest BCUT2D eigenvalue weighted by molar-refractivity contribution is 9.10. The lowest BCUT2D eigenvalue weighted by Crippen LogP contribution is -2.39. The molecule has 0 unspecified atom stereocenters. The first-order chi connectivity index (χ1) is 15.3. The van der Waals surface area contributed by atoms with Crippen LogP contribution < -0.4 is 14.6 Å². The van der Waals surface area contributed by atoms with E-state index in [0.29, 0.717) is 5.69 Å². The number of hydrogen-bond donors (Lipinski definition) is 1. The van der Waals surface area contributed by atoms with Gasteiger partial charge in [-0.2, -0.15) is 5.10 Å². The largest absolute Gasteiger partial charge is 0.378 e. The summed E-state index contributed by atoms with van der Waals surface area (Å²) in [5, 5.41) is 3.96. The van der Waals surface area contributed by atoms with Crippen LogP contribution in [-0.4, -0.2) is 41.2 Å². The van der Waals surface area contributed by atoms with E-state index in [4.69, 9.17) is 0 Å². The predicted octanol–water partition coefficient (Wildman–Crippen LogP) is 3.86. The Bertz CT molecular complexity index is 1180. The van der Waals surface area contributed by atoms with Crippen molar-refractivity contribution >= 4 is 49.4 Å². The molecule has 32 heavy (non-hydrogen) atoms. The summed E-state index contributed by atoms with van der Waals surface area (Å²) < 4.78 is 28.3. The number of nitrogens with one attached hydrogen (secondary N) is 1. The van der Waals surface area contributed by atoms with Crippen molar-refractivity contribution in [1.29, 1.82) is 0 Å². The lowest BCUT2D eigenvalue weighted by molar-refractivity contribution is -0.119. The molecular formula is C23H23BrN4O3S. The molecule has 3 rings (SSSR count). The number of nitrogens with zero attached hydrogens (tertiary/aromatic N) is 3. The van der Waals surface area contributed by atoms with E-state index in [1.54, 1.807) is 42.5 Å². The summed E-state index contributed by atoms with van der Waals surface area (Å²) >= 11 is 3.34. The van der Waals surface area contributed by atoms with Crippen LogP contribution in [0, 0.1) is 0 Å². The first-order valence-electron chi connectivity index (χ1n) is 9.70. The van der Waals surface area contributed by atoms with E-state index < -0.39 is 22.5 Å². The number of rotatable bonds is 8. The molecule has 0 aliphatic heterocycles. The zero-order chi connectivity index (χ0) is 23.1. The van der Waals surface area contributed by atoms with E-state index in [9.17, 15) is 13.2 Å². The van der Waals surface area contributed by atoms with Crippen LogP contribution in [0.25, 0.3) is 0 Å². The molecule has 0 saturated heterocycles. The van der Waals surface area contributed by atoms with Crippen LogP contribution in [0.4, 0.5) is 11.4 Å². The van der Waals surface area contributed by atoms with Gasteiger partial charge >= 0.3 is 0 Å². The fourth-order valence-corrected chi connectivity index (χ4v) is 4.55. The molecule has 3 aromatic carbocycles. The Morgan fingerprint density at radius 1 is 0.938 bits per heavy atom. The van der Waals surface area contributed by atoms with Crippen LogP contribution in [0.2, 0.25) is 0 Å². The van der Waals surface area contributed by atoms with Gasteiger partial charge in [0.2, 0.25) is 0 Å². The molecule has 0 saturated carbocycles. The van der Waals surface area contributed by atoms with Crippen LogP contribution in [-0.2, 0) is 14.8 Å².